The zero-order valence-corrected chi connectivity index (χ0v) is 17.6. The van der Waals surface area contributed by atoms with Crippen LogP contribution in [0.2, 0.25) is 5.02 Å². The highest BCUT2D eigenvalue weighted by Crippen LogP contribution is 2.29. The van der Waals surface area contributed by atoms with Gasteiger partial charge in [0.25, 0.3) is 5.56 Å². The lowest BCUT2D eigenvalue weighted by Gasteiger charge is -2.13. The van der Waals surface area contributed by atoms with Gasteiger partial charge in [-0.25, -0.2) is 4.52 Å². The zero-order chi connectivity index (χ0) is 20.7. The predicted octanol–water partition coefficient (Wildman–Crippen LogP) is 4.96. The topological polar surface area (TPSA) is 65.1 Å². The molecule has 0 atom stereocenters. The van der Waals surface area contributed by atoms with Gasteiger partial charge in [0.1, 0.15) is 5.52 Å². The average Bonchev–Trinajstić information content (AvgIpc) is 3.11. The van der Waals surface area contributed by atoms with Crippen molar-refractivity contribution in [3.63, 3.8) is 0 Å². The fourth-order valence-corrected chi connectivity index (χ4v) is 4.34. The van der Waals surface area contributed by atoms with Gasteiger partial charge in [0.2, 0.25) is 0 Å². The minimum Gasteiger partial charge on any atom is -0.313 e. The third-order valence-electron chi connectivity index (χ3n) is 5.82. The van der Waals surface area contributed by atoms with Gasteiger partial charge in [-0.3, -0.25) is 4.79 Å². The van der Waals surface area contributed by atoms with Crippen molar-refractivity contribution in [1.29, 1.82) is 0 Å². The SMILES string of the molecule is Cc1nn2c(nnc3c(=O)n(CCC4=CCCCC4)ccc32)c1-c1ccc(Cl)cc1. The largest absolute Gasteiger partial charge is 0.313 e. The van der Waals surface area contributed by atoms with E-state index in [1.165, 1.54) is 18.4 Å². The first kappa shape index (κ1) is 19.0. The van der Waals surface area contributed by atoms with E-state index in [0.717, 1.165) is 36.1 Å². The Hall–Kier alpha value is -2.99. The van der Waals surface area contributed by atoms with E-state index in [-0.39, 0.29) is 5.56 Å². The van der Waals surface area contributed by atoms with Crippen LogP contribution in [0, 0.1) is 6.92 Å². The van der Waals surface area contributed by atoms with Crippen LogP contribution in [0.4, 0.5) is 0 Å². The fourth-order valence-electron chi connectivity index (χ4n) is 4.22. The number of halogens is 1. The van der Waals surface area contributed by atoms with Gasteiger partial charge in [0.05, 0.1) is 11.3 Å². The maximum Gasteiger partial charge on any atom is 0.280 e. The second-order valence-corrected chi connectivity index (χ2v) is 8.25. The lowest BCUT2D eigenvalue weighted by Crippen LogP contribution is -2.22. The quantitative estimate of drug-likeness (QED) is 0.438. The van der Waals surface area contributed by atoms with Crippen LogP contribution >= 0.6 is 11.6 Å². The van der Waals surface area contributed by atoms with Crippen molar-refractivity contribution in [2.45, 2.75) is 45.6 Å². The van der Waals surface area contributed by atoms with Crippen LogP contribution in [-0.4, -0.2) is 24.4 Å². The van der Waals surface area contributed by atoms with Crippen molar-refractivity contribution in [3.8, 4) is 11.1 Å². The molecule has 1 aromatic carbocycles. The van der Waals surface area contributed by atoms with Crippen molar-refractivity contribution in [2.75, 3.05) is 0 Å². The minimum absolute atomic E-state index is 0.125. The molecule has 0 unspecified atom stereocenters. The highest BCUT2D eigenvalue weighted by molar-refractivity contribution is 6.30. The van der Waals surface area contributed by atoms with Gasteiger partial charge >= 0.3 is 0 Å². The molecule has 0 amide bonds. The van der Waals surface area contributed by atoms with Gasteiger partial charge < -0.3 is 4.57 Å². The number of rotatable bonds is 4. The van der Waals surface area contributed by atoms with Crippen molar-refractivity contribution in [1.82, 2.24) is 24.4 Å². The Labute approximate surface area is 178 Å². The Morgan fingerprint density at radius 3 is 2.70 bits per heavy atom. The number of nitrogens with zero attached hydrogens (tertiary/aromatic N) is 5. The normalized spacial score (nSPS) is 14.4. The fraction of sp³-hybridized carbons (Fsp3) is 0.304. The summed E-state index contributed by atoms with van der Waals surface area (Å²) >= 11 is 6.03. The average molecular weight is 420 g/mol. The summed E-state index contributed by atoms with van der Waals surface area (Å²) < 4.78 is 3.45. The third-order valence-corrected chi connectivity index (χ3v) is 6.07. The molecule has 0 spiro atoms. The monoisotopic (exact) mass is 419 g/mol. The van der Waals surface area contributed by atoms with Crippen LogP contribution < -0.4 is 5.56 Å². The summed E-state index contributed by atoms with van der Waals surface area (Å²) in [4.78, 5) is 13.0. The van der Waals surface area contributed by atoms with Crippen LogP contribution in [0.3, 0.4) is 0 Å². The van der Waals surface area contributed by atoms with Crippen molar-refractivity contribution < 1.29 is 0 Å². The smallest absolute Gasteiger partial charge is 0.280 e. The van der Waals surface area contributed by atoms with Gasteiger partial charge in [-0.05, 0) is 62.8 Å². The highest BCUT2D eigenvalue weighted by Gasteiger charge is 2.17. The molecule has 152 valence electrons. The summed E-state index contributed by atoms with van der Waals surface area (Å²) in [6, 6.07) is 9.47. The Balaban J connectivity index is 1.56. The van der Waals surface area contributed by atoms with Crippen LogP contribution in [0.5, 0.6) is 0 Å². The third kappa shape index (κ3) is 3.31. The number of hydrogen-bond donors (Lipinski definition) is 0. The van der Waals surface area contributed by atoms with E-state index < -0.39 is 0 Å². The van der Waals surface area contributed by atoms with E-state index >= 15 is 0 Å². The van der Waals surface area contributed by atoms with Crippen molar-refractivity contribution >= 4 is 28.3 Å². The molecule has 0 saturated heterocycles. The molecular formula is C23H22ClN5O. The first-order valence-corrected chi connectivity index (χ1v) is 10.7. The summed E-state index contributed by atoms with van der Waals surface area (Å²) in [5.74, 6) is 0. The van der Waals surface area contributed by atoms with E-state index in [1.807, 2.05) is 43.5 Å². The van der Waals surface area contributed by atoms with Gasteiger partial charge in [-0.15, -0.1) is 10.2 Å². The summed E-state index contributed by atoms with van der Waals surface area (Å²) in [7, 11) is 0. The maximum absolute atomic E-state index is 13.0. The van der Waals surface area contributed by atoms with Crippen molar-refractivity contribution in [3.05, 3.63) is 69.2 Å². The van der Waals surface area contributed by atoms with E-state index in [4.69, 9.17) is 11.6 Å². The highest BCUT2D eigenvalue weighted by atomic mass is 35.5. The molecule has 4 aromatic rings. The minimum atomic E-state index is -0.125. The molecule has 6 nitrogen and oxygen atoms in total. The van der Waals surface area contributed by atoms with Gasteiger partial charge in [0, 0.05) is 17.8 Å². The number of hydrogen-bond acceptors (Lipinski definition) is 4. The molecule has 3 heterocycles. The Bertz CT molecular complexity index is 1330. The summed E-state index contributed by atoms with van der Waals surface area (Å²) in [6.07, 6.45) is 9.88. The van der Waals surface area contributed by atoms with Crippen LogP contribution in [0.15, 0.2) is 53.0 Å². The van der Waals surface area contributed by atoms with Gasteiger partial charge in [0.15, 0.2) is 11.2 Å². The van der Waals surface area contributed by atoms with E-state index in [0.29, 0.717) is 28.2 Å². The lowest BCUT2D eigenvalue weighted by atomic mass is 9.97. The number of pyridine rings is 1. The molecular weight excluding hydrogens is 398 g/mol. The Morgan fingerprint density at radius 2 is 1.93 bits per heavy atom. The molecule has 1 aliphatic carbocycles. The summed E-state index contributed by atoms with van der Waals surface area (Å²) in [5, 5.41) is 14.0. The van der Waals surface area contributed by atoms with Crippen molar-refractivity contribution in [2.24, 2.45) is 0 Å². The van der Waals surface area contributed by atoms with Crippen LogP contribution in [0.1, 0.15) is 37.8 Å². The van der Waals surface area contributed by atoms with Gasteiger partial charge in [-0.1, -0.05) is 35.4 Å². The number of aromatic nitrogens is 5. The second kappa shape index (κ2) is 7.69. The van der Waals surface area contributed by atoms with Crippen LogP contribution in [-0.2, 0) is 6.54 Å². The molecule has 0 fully saturated rings. The molecule has 3 aromatic heterocycles. The molecule has 30 heavy (non-hydrogen) atoms. The summed E-state index contributed by atoms with van der Waals surface area (Å²) in [5.41, 5.74) is 5.65. The number of allylic oxidation sites excluding steroid dienone is 2. The molecule has 0 radical (unpaired) electrons. The number of benzene rings is 1. The molecule has 0 bridgehead atoms. The maximum atomic E-state index is 13.0. The Morgan fingerprint density at radius 1 is 1.10 bits per heavy atom. The molecule has 1 aliphatic rings. The van der Waals surface area contributed by atoms with Gasteiger partial charge in [-0.2, -0.15) is 5.10 Å². The van der Waals surface area contributed by atoms with E-state index in [1.54, 1.807) is 9.08 Å². The lowest BCUT2D eigenvalue weighted by molar-refractivity contribution is 0.615. The Kier molecular flexibility index (Phi) is 4.87. The molecule has 0 saturated carbocycles. The van der Waals surface area contributed by atoms with E-state index in [2.05, 4.69) is 21.4 Å². The van der Waals surface area contributed by atoms with E-state index in [9.17, 15) is 4.79 Å². The first-order valence-electron chi connectivity index (χ1n) is 10.3. The number of fused-ring (bicyclic) bond motifs is 3. The first-order chi connectivity index (χ1) is 14.6. The number of aryl methyl sites for hydroxylation is 2. The van der Waals surface area contributed by atoms with Crippen LogP contribution in [0.25, 0.3) is 27.8 Å². The second-order valence-electron chi connectivity index (χ2n) is 7.81. The molecule has 0 N–H and O–H groups in total. The standard InChI is InChI=1S/C23H22ClN5O/c1-15-20(17-7-9-18(24)10-8-17)22-26-25-21-19(29(22)27-15)12-14-28(23(21)30)13-11-16-5-3-2-4-6-16/h5,7-10,12,14H,2-4,6,11,13H2,1H3. The molecule has 7 heteroatoms. The molecule has 0 aliphatic heterocycles. The zero-order valence-electron chi connectivity index (χ0n) is 16.8. The predicted molar refractivity (Wildman–Crippen MR) is 119 cm³/mol. The summed E-state index contributed by atoms with van der Waals surface area (Å²) in [6.45, 7) is 2.60. The molecule has 5 rings (SSSR count).